The molecule has 1 aromatic rings. The van der Waals surface area contributed by atoms with Gasteiger partial charge in [-0.15, -0.1) is 0 Å². The standard InChI is InChI=1S/C14H18N2O3/c1-3-9-13(17)16(11(4-2)14(18)19)12-8-6-5-7-10(12)15-9/h5-9,11,15H,3-4H2,1-2H3,(H,18,19). The summed E-state index contributed by atoms with van der Waals surface area (Å²) in [5, 5.41) is 12.5. The normalized spacial score (nSPS) is 19.6. The number of para-hydroxylation sites is 2. The molecule has 2 atom stereocenters. The van der Waals surface area contributed by atoms with Crippen LogP contribution < -0.4 is 10.2 Å². The zero-order valence-corrected chi connectivity index (χ0v) is 11.1. The first kappa shape index (κ1) is 13.4. The quantitative estimate of drug-likeness (QED) is 0.871. The average Bonchev–Trinajstić information content (AvgIpc) is 2.41. The molecular weight excluding hydrogens is 244 g/mol. The molecule has 1 aromatic carbocycles. The monoisotopic (exact) mass is 262 g/mol. The molecule has 0 radical (unpaired) electrons. The highest BCUT2D eigenvalue weighted by atomic mass is 16.4. The summed E-state index contributed by atoms with van der Waals surface area (Å²) in [6.07, 6.45) is 1.01. The minimum Gasteiger partial charge on any atom is -0.480 e. The number of carbonyl (C=O) groups excluding carboxylic acids is 1. The fourth-order valence-electron chi connectivity index (χ4n) is 2.41. The lowest BCUT2D eigenvalue weighted by Crippen LogP contribution is -2.53. The highest BCUT2D eigenvalue weighted by Gasteiger charge is 2.37. The highest BCUT2D eigenvalue weighted by Crippen LogP contribution is 2.34. The molecule has 2 rings (SSSR count). The maximum absolute atomic E-state index is 12.4. The Labute approximate surface area is 112 Å². The number of amides is 1. The van der Waals surface area contributed by atoms with Crippen LogP contribution in [0.25, 0.3) is 0 Å². The number of carbonyl (C=O) groups is 2. The van der Waals surface area contributed by atoms with E-state index in [0.29, 0.717) is 18.5 Å². The van der Waals surface area contributed by atoms with Gasteiger partial charge in [0.2, 0.25) is 5.91 Å². The molecule has 19 heavy (non-hydrogen) atoms. The van der Waals surface area contributed by atoms with Crippen LogP contribution in [-0.4, -0.2) is 29.1 Å². The zero-order chi connectivity index (χ0) is 14.0. The maximum Gasteiger partial charge on any atom is 0.326 e. The van der Waals surface area contributed by atoms with E-state index in [-0.39, 0.29) is 11.9 Å². The third kappa shape index (κ3) is 2.28. The molecule has 1 aliphatic heterocycles. The van der Waals surface area contributed by atoms with E-state index in [0.717, 1.165) is 5.69 Å². The maximum atomic E-state index is 12.4. The van der Waals surface area contributed by atoms with Gasteiger partial charge >= 0.3 is 5.97 Å². The van der Waals surface area contributed by atoms with Gasteiger partial charge in [-0.25, -0.2) is 4.79 Å². The number of hydrogen-bond acceptors (Lipinski definition) is 3. The molecule has 2 N–H and O–H groups in total. The van der Waals surface area contributed by atoms with Crippen LogP contribution in [0.15, 0.2) is 24.3 Å². The number of aliphatic carboxylic acids is 1. The lowest BCUT2D eigenvalue weighted by atomic mass is 10.0. The van der Waals surface area contributed by atoms with Crippen LogP contribution in [0.1, 0.15) is 26.7 Å². The number of nitrogens with zero attached hydrogens (tertiary/aromatic N) is 1. The molecule has 102 valence electrons. The van der Waals surface area contributed by atoms with E-state index in [1.807, 2.05) is 25.1 Å². The first-order valence-electron chi connectivity index (χ1n) is 6.51. The number of carboxylic acids is 1. The highest BCUT2D eigenvalue weighted by molar-refractivity contribution is 6.08. The fraction of sp³-hybridized carbons (Fsp3) is 0.429. The number of carboxylic acid groups (broad SMARTS) is 1. The second kappa shape index (κ2) is 5.30. The number of anilines is 2. The van der Waals surface area contributed by atoms with Crippen molar-refractivity contribution < 1.29 is 14.7 Å². The van der Waals surface area contributed by atoms with Crippen molar-refractivity contribution in [3.8, 4) is 0 Å². The molecule has 1 amide bonds. The summed E-state index contributed by atoms with van der Waals surface area (Å²) in [7, 11) is 0. The SMILES string of the molecule is CCC1Nc2ccccc2N(C(CC)C(=O)O)C1=O. The molecule has 0 bridgehead atoms. The molecule has 0 spiro atoms. The summed E-state index contributed by atoms with van der Waals surface area (Å²) in [5.74, 6) is -1.14. The summed E-state index contributed by atoms with van der Waals surface area (Å²) in [4.78, 5) is 25.2. The predicted molar refractivity (Wildman–Crippen MR) is 73.3 cm³/mol. The summed E-state index contributed by atoms with van der Waals surface area (Å²) in [5.41, 5.74) is 1.46. The Kier molecular flexibility index (Phi) is 3.74. The van der Waals surface area contributed by atoms with Crippen molar-refractivity contribution in [2.75, 3.05) is 10.2 Å². The van der Waals surface area contributed by atoms with Gasteiger partial charge in [-0.2, -0.15) is 0 Å². The van der Waals surface area contributed by atoms with E-state index in [1.165, 1.54) is 4.90 Å². The van der Waals surface area contributed by atoms with Crippen molar-refractivity contribution in [1.82, 2.24) is 0 Å². The number of fused-ring (bicyclic) bond motifs is 1. The number of nitrogens with one attached hydrogen (secondary N) is 1. The van der Waals surface area contributed by atoms with Crippen molar-refractivity contribution in [1.29, 1.82) is 0 Å². The summed E-state index contributed by atoms with van der Waals surface area (Å²) >= 11 is 0. The third-order valence-electron chi connectivity index (χ3n) is 3.42. The van der Waals surface area contributed by atoms with Crippen LogP contribution in [-0.2, 0) is 9.59 Å². The molecule has 0 aliphatic carbocycles. The van der Waals surface area contributed by atoms with Gasteiger partial charge in [0, 0.05) is 0 Å². The van der Waals surface area contributed by atoms with Crippen LogP contribution >= 0.6 is 0 Å². The molecule has 0 aromatic heterocycles. The van der Waals surface area contributed by atoms with Gasteiger partial charge in [0.15, 0.2) is 0 Å². The Morgan fingerprint density at radius 2 is 2.11 bits per heavy atom. The van der Waals surface area contributed by atoms with Gasteiger partial charge in [0.1, 0.15) is 12.1 Å². The number of benzene rings is 1. The molecule has 0 saturated heterocycles. The zero-order valence-electron chi connectivity index (χ0n) is 11.1. The van der Waals surface area contributed by atoms with Crippen LogP contribution in [0.5, 0.6) is 0 Å². The van der Waals surface area contributed by atoms with E-state index < -0.39 is 12.0 Å². The lowest BCUT2D eigenvalue weighted by molar-refractivity contribution is -0.140. The molecule has 5 heteroatoms. The first-order chi connectivity index (χ1) is 9.10. The van der Waals surface area contributed by atoms with E-state index in [1.54, 1.807) is 13.0 Å². The van der Waals surface area contributed by atoms with Gasteiger partial charge in [0.05, 0.1) is 11.4 Å². The first-order valence-corrected chi connectivity index (χ1v) is 6.51. The van der Waals surface area contributed by atoms with Gasteiger partial charge in [-0.3, -0.25) is 9.69 Å². The van der Waals surface area contributed by atoms with Crippen molar-refractivity contribution in [2.24, 2.45) is 0 Å². The summed E-state index contributed by atoms with van der Waals surface area (Å²) in [6.45, 7) is 3.68. The predicted octanol–water partition coefficient (Wildman–Crippen LogP) is 2.09. The Bertz CT molecular complexity index is 501. The molecular formula is C14H18N2O3. The molecule has 1 heterocycles. The van der Waals surface area contributed by atoms with Gasteiger partial charge in [-0.1, -0.05) is 26.0 Å². The van der Waals surface area contributed by atoms with Crippen LogP contribution in [0.2, 0.25) is 0 Å². The Morgan fingerprint density at radius 1 is 1.42 bits per heavy atom. The number of rotatable bonds is 4. The van der Waals surface area contributed by atoms with Crippen molar-refractivity contribution >= 4 is 23.3 Å². The smallest absolute Gasteiger partial charge is 0.326 e. The summed E-state index contributed by atoms with van der Waals surface area (Å²) in [6, 6.07) is 6.15. The minimum absolute atomic E-state index is 0.171. The van der Waals surface area contributed by atoms with E-state index in [2.05, 4.69) is 5.32 Å². The number of hydrogen-bond donors (Lipinski definition) is 2. The minimum atomic E-state index is -0.970. The van der Waals surface area contributed by atoms with E-state index >= 15 is 0 Å². The van der Waals surface area contributed by atoms with Crippen molar-refractivity contribution in [3.63, 3.8) is 0 Å². The molecule has 5 nitrogen and oxygen atoms in total. The fourth-order valence-corrected chi connectivity index (χ4v) is 2.41. The van der Waals surface area contributed by atoms with Crippen molar-refractivity contribution in [3.05, 3.63) is 24.3 Å². The molecule has 0 fully saturated rings. The van der Waals surface area contributed by atoms with Crippen LogP contribution in [0.4, 0.5) is 11.4 Å². The van der Waals surface area contributed by atoms with Crippen LogP contribution in [0, 0.1) is 0 Å². The van der Waals surface area contributed by atoms with Crippen LogP contribution in [0.3, 0.4) is 0 Å². The topological polar surface area (TPSA) is 69.6 Å². The lowest BCUT2D eigenvalue weighted by Gasteiger charge is -2.37. The second-order valence-electron chi connectivity index (χ2n) is 4.59. The van der Waals surface area contributed by atoms with Gasteiger partial charge in [-0.05, 0) is 25.0 Å². The van der Waals surface area contributed by atoms with E-state index in [4.69, 9.17) is 0 Å². The summed E-state index contributed by atoms with van der Waals surface area (Å²) < 4.78 is 0. The van der Waals surface area contributed by atoms with E-state index in [9.17, 15) is 14.7 Å². The molecule has 0 saturated carbocycles. The second-order valence-corrected chi connectivity index (χ2v) is 4.59. The van der Waals surface area contributed by atoms with Gasteiger partial charge in [0.25, 0.3) is 0 Å². The Hall–Kier alpha value is -2.04. The average molecular weight is 262 g/mol. The van der Waals surface area contributed by atoms with Gasteiger partial charge < -0.3 is 10.4 Å². The Balaban J connectivity index is 2.50. The third-order valence-corrected chi connectivity index (χ3v) is 3.42. The molecule has 2 unspecified atom stereocenters. The Morgan fingerprint density at radius 3 is 2.68 bits per heavy atom. The largest absolute Gasteiger partial charge is 0.480 e. The molecule has 1 aliphatic rings. The van der Waals surface area contributed by atoms with Crippen molar-refractivity contribution in [2.45, 2.75) is 38.8 Å².